The first-order valence-electron chi connectivity index (χ1n) is 8.20. The third-order valence-corrected chi connectivity index (χ3v) is 4.38. The molecular weight excluding hydrogens is 321 g/mol. The van der Waals surface area contributed by atoms with Crippen molar-refractivity contribution >= 4 is 17.5 Å². The minimum Gasteiger partial charge on any atom is -0.382 e. The quantitative estimate of drug-likeness (QED) is 0.735. The number of nitrogen functional groups attached to an aromatic ring is 1. The van der Waals surface area contributed by atoms with E-state index in [4.69, 9.17) is 5.73 Å². The van der Waals surface area contributed by atoms with Crippen LogP contribution >= 0.6 is 0 Å². The average Bonchev–Trinajstić information content (AvgIpc) is 3.32. The summed E-state index contributed by atoms with van der Waals surface area (Å²) in [7, 11) is 0. The molecular formula is C18H18FN5O. The second kappa shape index (κ2) is 5.81. The van der Waals surface area contributed by atoms with E-state index >= 15 is 0 Å². The Balaban J connectivity index is 1.68. The number of fused-ring (bicyclic) bond motifs is 1. The molecule has 0 bridgehead atoms. The van der Waals surface area contributed by atoms with Crippen LogP contribution in [0.2, 0.25) is 0 Å². The van der Waals surface area contributed by atoms with E-state index in [1.165, 1.54) is 6.07 Å². The van der Waals surface area contributed by atoms with Gasteiger partial charge in [0.2, 0.25) is 0 Å². The Morgan fingerprint density at radius 2 is 2.16 bits per heavy atom. The van der Waals surface area contributed by atoms with Crippen LogP contribution in [0.5, 0.6) is 0 Å². The molecule has 1 aromatic heterocycles. The Bertz CT molecular complexity index is 920. The Hall–Kier alpha value is -3.01. The number of carbonyl (C=O) groups excluding carboxylic acids is 1. The zero-order chi connectivity index (χ0) is 17.6. The fraction of sp³-hybridized carbons (Fsp3) is 0.333. The Kier molecular flexibility index (Phi) is 3.61. The van der Waals surface area contributed by atoms with Gasteiger partial charge in [-0.05, 0) is 31.9 Å². The lowest BCUT2D eigenvalue weighted by atomic mass is 9.99. The Morgan fingerprint density at radius 1 is 1.36 bits per heavy atom. The molecule has 0 spiro atoms. The largest absolute Gasteiger partial charge is 0.382 e. The maximum absolute atomic E-state index is 14.6. The van der Waals surface area contributed by atoms with Crippen LogP contribution in [-0.2, 0) is 6.54 Å². The van der Waals surface area contributed by atoms with Gasteiger partial charge in [-0.25, -0.2) is 9.18 Å². The Labute approximate surface area is 144 Å². The van der Waals surface area contributed by atoms with Gasteiger partial charge in [0.05, 0.1) is 6.54 Å². The van der Waals surface area contributed by atoms with E-state index in [-0.39, 0.29) is 18.4 Å². The van der Waals surface area contributed by atoms with Gasteiger partial charge in [0.15, 0.2) is 0 Å². The maximum Gasteiger partial charge on any atom is 0.320 e. The second-order valence-electron chi connectivity index (χ2n) is 6.49. The molecule has 1 fully saturated rings. The average molecular weight is 339 g/mol. The fourth-order valence-corrected chi connectivity index (χ4v) is 2.87. The number of amides is 2. The number of hydrogen-bond donors (Lipinski definition) is 3. The van der Waals surface area contributed by atoms with Gasteiger partial charge in [0.25, 0.3) is 0 Å². The van der Waals surface area contributed by atoms with Crippen molar-refractivity contribution in [3.8, 4) is 11.8 Å². The van der Waals surface area contributed by atoms with Gasteiger partial charge < -0.3 is 16.4 Å². The lowest BCUT2D eigenvalue weighted by molar-refractivity contribution is 0.249. The monoisotopic (exact) mass is 339 g/mol. The van der Waals surface area contributed by atoms with Crippen LogP contribution in [-0.4, -0.2) is 15.8 Å². The van der Waals surface area contributed by atoms with Gasteiger partial charge >= 0.3 is 6.03 Å². The molecule has 1 aromatic carbocycles. The summed E-state index contributed by atoms with van der Waals surface area (Å²) in [6, 6.07) is 3.98. The van der Waals surface area contributed by atoms with Crippen LogP contribution in [0.1, 0.15) is 35.7 Å². The number of nitrogens with one attached hydrogen (secondary N) is 2. The molecule has 2 heterocycles. The van der Waals surface area contributed by atoms with E-state index in [0.29, 0.717) is 28.6 Å². The molecule has 1 aliphatic heterocycles. The lowest BCUT2D eigenvalue weighted by Crippen LogP contribution is -2.37. The number of benzene rings is 1. The molecule has 7 heteroatoms. The van der Waals surface area contributed by atoms with Crippen LogP contribution in [0.4, 0.5) is 20.7 Å². The number of halogens is 1. The third-order valence-electron chi connectivity index (χ3n) is 4.38. The van der Waals surface area contributed by atoms with Crippen molar-refractivity contribution in [2.24, 2.45) is 5.92 Å². The number of aromatic nitrogens is 2. The van der Waals surface area contributed by atoms with Crippen molar-refractivity contribution in [1.82, 2.24) is 15.1 Å². The SMILES string of the molecule is Cc1cc(N)nn1Cc1cc2c(cc1F)[C@H](C#CC1CC1)NC(=O)N2. The number of nitrogens with two attached hydrogens (primary N) is 1. The summed E-state index contributed by atoms with van der Waals surface area (Å²) in [5.74, 6) is 6.63. The normalized spacial score (nSPS) is 18.6. The minimum absolute atomic E-state index is 0.240. The van der Waals surface area contributed by atoms with Gasteiger partial charge in [-0.15, -0.1) is 0 Å². The molecule has 128 valence electrons. The summed E-state index contributed by atoms with van der Waals surface area (Å²) < 4.78 is 16.3. The molecule has 0 saturated heterocycles. The number of nitrogens with zero attached hydrogens (tertiary/aromatic N) is 2. The molecule has 2 aliphatic rings. The number of hydrogen-bond acceptors (Lipinski definition) is 3. The van der Waals surface area contributed by atoms with Crippen LogP contribution in [0.15, 0.2) is 18.2 Å². The first-order valence-corrected chi connectivity index (χ1v) is 8.20. The molecule has 1 saturated carbocycles. The van der Waals surface area contributed by atoms with Crippen LogP contribution < -0.4 is 16.4 Å². The van der Waals surface area contributed by atoms with Crippen LogP contribution in [0.25, 0.3) is 0 Å². The van der Waals surface area contributed by atoms with Gasteiger partial charge in [-0.2, -0.15) is 5.10 Å². The van der Waals surface area contributed by atoms with E-state index in [0.717, 1.165) is 18.5 Å². The zero-order valence-electron chi connectivity index (χ0n) is 13.8. The summed E-state index contributed by atoms with van der Waals surface area (Å²) in [4.78, 5) is 11.9. The molecule has 2 amide bonds. The van der Waals surface area contributed by atoms with E-state index in [2.05, 4.69) is 27.6 Å². The number of carbonyl (C=O) groups is 1. The minimum atomic E-state index is -0.491. The van der Waals surface area contributed by atoms with E-state index in [1.54, 1.807) is 16.8 Å². The number of anilines is 2. The second-order valence-corrected chi connectivity index (χ2v) is 6.49. The summed E-state index contributed by atoms with van der Waals surface area (Å²) in [6.45, 7) is 2.10. The van der Waals surface area contributed by atoms with Crippen molar-refractivity contribution in [2.75, 3.05) is 11.1 Å². The standard InChI is InChI=1S/C18H18FN5O/c1-10-6-17(20)23-24(10)9-12-7-16-13(8-14(12)19)15(21-18(25)22-16)5-4-11-2-3-11/h6-8,11,15H,2-3,9H2,1H3,(H2,20,23)(H2,21,22,25)/t15-/m0/s1. The molecule has 1 aliphatic carbocycles. The van der Waals surface area contributed by atoms with Gasteiger partial charge in [0, 0.05) is 34.5 Å². The predicted octanol–water partition coefficient (Wildman–Crippen LogP) is 2.55. The van der Waals surface area contributed by atoms with E-state index < -0.39 is 6.04 Å². The van der Waals surface area contributed by atoms with Gasteiger partial charge in [0.1, 0.15) is 17.7 Å². The molecule has 2 aromatic rings. The summed E-state index contributed by atoms with van der Waals surface area (Å²) in [5.41, 5.74) is 8.17. The molecule has 0 unspecified atom stereocenters. The van der Waals surface area contributed by atoms with Crippen molar-refractivity contribution in [2.45, 2.75) is 32.4 Å². The van der Waals surface area contributed by atoms with Crippen LogP contribution in [0, 0.1) is 30.5 Å². The molecule has 4 rings (SSSR count). The highest BCUT2D eigenvalue weighted by Crippen LogP contribution is 2.32. The molecule has 0 radical (unpaired) electrons. The molecule has 6 nitrogen and oxygen atoms in total. The smallest absolute Gasteiger partial charge is 0.320 e. The summed E-state index contributed by atoms with van der Waals surface area (Å²) >= 11 is 0. The van der Waals surface area contributed by atoms with Crippen LogP contribution in [0.3, 0.4) is 0 Å². The number of rotatable bonds is 2. The first-order chi connectivity index (χ1) is 12.0. The summed E-state index contributed by atoms with van der Waals surface area (Å²) in [6.07, 6.45) is 2.19. The number of aryl methyl sites for hydroxylation is 1. The third kappa shape index (κ3) is 3.15. The van der Waals surface area contributed by atoms with Crippen molar-refractivity contribution in [1.29, 1.82) is 0 Å². The zero-order valence-corrected chi connectivity index (χ0v) is 13.8. The summed E-state index contributed by atoms with van der Waals surface area (Å²) in [5, 5.41) is 9.62. The topological polar surface area (TPSA) is 85.0 Å². The number of urea groups is 1. The van der Waals surface area contributed by atoms with Gasteiger partial charge in [-0.3, -0.25) is 4.68 Å². The molecule has 25 heavy (non-hydrogen) atoms. The maximum atomic E-state index is 14.6. The van der Waals surface area contributed by atoms with Crippen molar-refractivity contribution in [3.05, 3.63) is 40.8 Å². The highest BCUT2D eigenvalue weighted by molar-refractivity contribution is 5.93. The molecule has 4 N–H and O–H groups in total. The Morgan fingerprint density at radius 3 is 2.84 bits per heavy atom. The van der Waals surface area contributed by atoms with E-state index in [1.807, 2.05) is 6.92 Å². The highest BCUT2D eigenvalue weighted by Gasteiger charge is 2.26. The van der Waals surface area contributed by atoms with Crippen molar-refractivity contribution in [3.63, 3.8) is 0 Å². The highest BCUT2D eigenvalue weighted by atomic mass is 19.1. The van der Waals surface area contributed by atoms with Gasteiger partial charge in [-0.1, -0.05) is 11.8 Å². The first kappa shape index (κ1) is 15.5. The molecule has 1 atom stereocenters. The van der Waals surface area contributed by atoms with E-state index in [9.17, 15) is 9.18 Å². The fourth-order valence-electron chi connectivity index (χ4n) is 2.87. The van der Waals surface area contributed by atoms with Crippen molar-refractivity contribution < 1.29 is 9.18 Å². The lowest BCUT2D eigenvalue weighted by Gasteiger charge is -2.24. The predicted molar refractivity (Wildman–Crippen MR) is 92.3 cm³/mol.